The number of likely N-dealkylation sites (N-methyl/N-ethyl adjacent to an activating group) is 1. The summed E-state index contributed by atoms with van der Waals surface area (Å²) >= 11 is 0. The van der Waals surface area contributed by atoms with Crippen molar-refractivity contribution < 1.29 is 9.90 Å². The van der Waals surface area contributed by atoms with Crippen LogP contribution in [0.15, 0.2) is 0 Å². The van der Waals surface area contributed by atoms with E-state index >= 15 is 0 Å². The van der Waals surface area contributed by atoms with E-state index in [-0.39, 0.29) is 12.5 Å². The summed E-state index contributed by atoms with van der Waals surface area (Å²) < 4.78 is 0. The molecular formula is C10H22N2O2. The van der Waals surface area contributed by atoms with Gasteiger partial charge in [0.15, 0.2) is 0 Å². The topological polar surface area (TPSA) is 61.4 Å². The van der Waals surface area contributed by atoms with Gasteiger partial charge in [-0.1, -0.05) is 13.8 Å². The zero-order valence-corrected chi connectivity index (χ0v) is 9.39. The summed E-state index contributed by atoms with van der Waals surface area (Å²) in [7, 11) is 0. The molecule has 0 aliphatic heterocycles. The number of rotatable bonds is 7. The Morgan fingerprint density at radius 3 is 2.29 bits per heavy atom. The normalized spacial score (nSPS) is 11.4. The molecule has 14 heavy (non-hydrogen) atoms. The maximum absolute atomic E-state index is 11.1. The summed E-state index contributed by atoms with van der Waals surface area (Å²) in [5.74, 6) is -0.0259. The van der Waals surface area contributed by atoms with Gasteiger partial charge in [-0.15, -0.1) is 0 Å². The van der Waals surface area contributed by atoms with Crippen LogP contribution >= 0.6 is 0 Å². The molecule has 0 aliphatic carbocycles. The van der Waals surface area contributed by atoms with Crippen LogP contribution < -0.4 is 10.6 Å². The highest BCUT2D eigenvalue weighted by Gasteiger charge is 2.21. The van der Waals surface area contributed by atoms with Crippen molar-refractivity contribution in [2.75, 3.05) is 19.6 Å². The minimum absolute atomic E-state index is 0.0259. The molecule has 0 spiro atoms. The second-order valence-corrected chi connectivity index (χ2v) is 3.49. The van der Waals surface area contributed by atoms with Crippen LogP contribution in [-0.4, -0.2) is 36.2 Å². The van der Waals surface area contributed by atoms with Crippen molar-refractivity contribution in [1.29, 1.82) is 0 Å². The van der Waals surface area contributed by atoms with E-state index in [1.54, 1.807) is 0 Å². The van der Waals surface area contributed by atoms with Crippen LogP contribution in [0, 0.1) is 0 Å². The second-order valence-electron chi connectivity index (χ2n) is 3.49. The molecule has 84 valence electrons. The fourth-order valence-corrected chi connectivity index (χ4v) is 1.17. The van der Waals surface area contributed by atoms with Gasteiger partial charge in [0.1, 0.15) is 0 Å². The molecule has 4 nitrogen and oxygen atoms in total. The predicted octanol–water partition coefficient (Wildman–Crippen LogP) is 0.263. The number of aliphatic hydroxyl groups is 1. The Balaban J connectivity index is 3.66. The molecule has 0 fully saturated rings. The quantitative estimate of drug-likeness (QED) is 0.555. The van der Waals surface area contributed by atoms with Crippen LogP contribution in [0.3, 0.4) is 0 Å². The highest BCUT2D eigenvalue weighted by Crippen LogP contribution is 2.12. The molecule has 0 unspecified atom stereocenters. The Kier molecular flexibility index (Phi) is 6.49. The van der Waals surface area contributed by atoms with Crippen LogP contribution in [0.4, 0.5) is 0 Å². The van der Waals surface area contributed by atoms with Gasteiger partial charge in [-0.2, -0.15) is 0 Å². The van der Waals surface area contributed by atoms with Gasteiger partial charge in [-0.3, -0.25) is 4.79 Å². The van der Waals surface area contributed by atoms with Gasteiger partial charge >= 0.3 is 0 Å². The van der Waals surface area contributed by atoms with Crippen molar-refractivity contribution in [3.8, 4) is 0 Å². The van der Waals surface area contributed by atoms with Crippen molar-refractivity contribution in [2.24, 2.45) is 0 Å². The smallest absolute Gasteiger partial charge is 0.233 e. The molecule has 0 aliphatic rings. The van der Waals surface area contributed by atoms with Crippen LogP contribution in [0.25, 0.3) is 0 Å². The molecular weight excluding hydrogens is 180 g/mol. The van der Waals surface area contributed by atoms with Crippen LogP contribution in [-0.2, 0) is 4.79 Å². The van der Waals surface area contributed by atoms with Crippen molar-refractivity contribution >= 4 is 5.91 Å². The summed E-state index contributed by atoms with van der Waals surface area (Å²) in [6, 6.07) is 0. The Morgan fingerprint density at radius 1 is 1.29 bits per heavy atom. The van der Waals surface area contributed by atoms with Crippen molar-refractivity contribution in [1.82, 2.24) is 10.6 Å². The summed E-state index contributed by atoms with van der Waals surface area (Å²) in [5.41, 5.74) is -0.674. The molecule has 4 heteroatoms. The zero-order valence-electron chi connectivity index (χ0n) is 9.39. The van der Waals surface area contributed by atoms with Crippen LogP contribution in [0.2, 0.25) is 0 Å². The first-order chi connectivity index (χ1) is 6.58. The standard InChI is InChI=1S/C10H22N2O2/c1-4-10(14,5-2)8-11-7-9(13)12-6-3/h11,14H,4-8H2,1-3H3,(H,12,13). The molecule has 0 rings (SSSR count). The summed E-state index contributed by atoms with van der Waals surface area (Å²) in [6.45, 7) is 7.15. The van der Waals surface area contributed by atoms with Crippen LogP contribution in [0.1, 0.15) is 33.6 Å². The third-order valence-corrected chi connectivity index (χ3v) is 2.43. The molecule has 0 heterocycles. The van der Waals surface area contributed by atoms with E-state index in [9.17, 15) is 9.90 Å². The first-order valence-electron chi connectivity index (χ1n) is 5.27. The first-order valence-corrected chi connectivity index (χ1v) is 5.27. The zero-order chi connectivity index (χ0) is 11.0. The maximum Gasteiger partial charge on any atom is 0.233 e. The van der Waals surface area contributed by atoms with E-state index in [2.05, 4.69) is 10.6 Å². The fourth-order valence-electron chi connectivity index (χ4n) is 1.17. The lowest BCUT2D eigenvalue weighted by Crippen LogP contribution is -2.43. The molecule has 0 saturated carbocycles. The minimum atomic E-state index is -0.674. The van der Waals surface area contributed by atoms with E-state index in [1.807, 2.05) is 20.8 Å². The van der Waals surface area contributed by atoms with E-state index in [1.165, 1.54) is 0 Å². The Morgan fingerprint density at radius 2 is 1.86 bits per heavy atom. The molecule has 0 bridgehead atoms. The van der Waals surface area contributed by atoms with Crippen LogP contribution in [0.5, 0.6) is 0 Å². The van der Waals surface area contributed by atoms with E-state index in [0.717, 1.165) is 0 Å². The lowest BCUT2D eigenvalue weighted by atomic mass is 9.98. The van der Waals surface area contributed by atoms with Crippen molar-refractivity contribution in [2.45, 2.75) is 39.2 Å². The van der Waals surface area contributed by atoms with Crippen molar-refractivity contribution in [3.05, 3.63) is 0 Å². The number of carbonyl (C=O) groups excluding carboxylic acids is 1. The lowest BCUT2D eigenvalue weighted by molar-refractivity contribution is -0.120. The SMILES string of the molecule is CCNC(=O)CNCC(O)(CC)CC. The summed E-state index contributed by atoms with van der Waals surface area (Å²) in [5, 5.41) is 15.5. The Labute approximate surface area is 86.1 Å². The molecule has 0 aromatic rings. The predicted molar refractivity (Wildman–Crippen MR) is 57.1 cm³/mol. The largest absolute Gasteiger partial charge is 0.389 e. The van der Waals surface area contributed by atoms with Gasteiger partial charge in [-0.25, -0.2) is 0 Å². The van der Waals surface area contributed by atoms with E-state index < -0.39 is 5.60 Å². The summed E-state index contributed by atoms with van der Waals surface area (Å²) in [6.07, 6.45) is 1.40. The first kappa shape index (κ1) is 13.4. The molecule has 1 amide bonds. The monoisotopic (exact) mass is 202 g/mol. The lowest BCUT2D eigenvalue weighted by Gasteiger charge is -2.25. The maximum atomic E-state index is 11.1. The van der Waals surface area contributed by atoms with Crippen molar-refractivity contribution in [3.63, 3.8) is 0 Å². The molecule has 0 aromatic heterocycles. The van der Waals surface area contributed by atoms with Gasteiger partial charge in [0.05, 0.1) is 12.1 Å². The number of hydrogen-bond acceptors (Lipinski definition) is 3. The molecule has 0 radical (unpaired) electrons. The van der Waals surface area contributed by atoms with Gasteiger partial charge in [0.25, 0.3) is 0 Å². The number of hydrogen-bond donors (Lipinski definition) is 3. The molecule has 0 aromatic carbocycles. The second kappa shape index (κ2) is 6.79. The third kappa shape index (κ3) is 5.19. The Bertz CT molecular complexity index is 168. The highest BCUT2D eigenvalue weighted by molar-refractivity contribution is 5.77. The van der Waals surface area contributed by atoms with Gasteiger partial charge in [0.2, 0.25) is 5.91 Å². The third-order valence-electron chi connectivity index (χ3n) is 2.43. The number of amides is 1. The molecule has 0 saturated heterocycles. The number of carbonyl (C=O) groups is 1. The van der Waals surface area contributed by atoms with Gasteiger partial charge in [-0.05, 0) is 19.8 Å². The average Bonchev–Trinajstić information content (AvgIpc) is 2.18. The molecule has 3 N–H and O–H groups in total. The fraction of sp³-hybridized carbons (Fsp3) is 0.900. The van der Waals surface area contributed by atoms with E-state index in [4.69, 9.17) is 0 Å². The van der Waals surface area contributed by atoms with E-state index in [0.29, 0.717) is 25.9 Å². The summed E-state index contributed by atoms with van der Waals surface area (Å²) in [4.78, 5) is 11.1. The average molecular weight is 202 g/mol. The van der Waals surface area contributed by atoms with Gasteiger partial charge in [0, 0.05) is 13.1 Å². The minimum Gasteiger partial charge on any atom is -0.389 e. The van der Waals surface area contributed by atoms with Gasteiger partial charge < -0.3 is 15.7 Å². The molecule has 0 atom stereocenters. The highest BCUT2D eigenvalue weighted by atomic mass is 16.3. The number of nitrogens with one attached hydrogen (secondary N) is 2. The Hall–Kier alpha value is -0.610.